The Kier molecular flexibility index (Phi) is 6.23. The van der Waals surface area contributed by atoms with Crippen LogP contribution in [0.3, 0.4) is 0 Å². The van der Waals surface area contributed by atoms with Crippen molar-refractivity contribution in [3.05, 3.63) is 53.6 Å². The van der Waals surface area contributed by atoms with Crippen LogP contribution in [0.25, 0.3) is 11.6 Å². The molecule has 0 saturated carbocycles. The normalized spacial score (nSPS) is 11.3. The highest BCUT2D eigenvalue weighted by molar-refractivity contribution is 6.24. The van der Waals surface area contributed by atoms with Crippen molar-refractivity contribution in [2.24, 2.45) is 0 Å². The second-order valence-electron chi connectivity index (χ2n) is 5.76. The van der Waals surface area contributed by atoms with Gasteiger partial charge in [0.2, 0.25) is 0 Å². The number of aromatic hydroxyl groups is 1. The summed E-state index contributed by atoms with van der Waals surface area (Å²) in [6.07, 6.45) is 1.73. The van der Waals surface area contributed by atoms with Gasteiger partial charge in [0.25, 0.3) is 0 Å². The highest BCUT2D eigenvalue weighted by Gasteiger charge is 2.11. The number of allylic oxidation sites excluding steroid dienone is 1. The average Bonchev–Trinajstić information content (AvgIpc) is 2.62. The number of rotatable bonds is 7. The Labute approximate surface area is 149 Å². The molecule has 0 atom stereocenters. The van der Waals surface area contributed by atoms with Crippen LogP contribution in [0.15, 0.2) is 42.5 Å². The smallest absolute Gasteiger partial charge is 0.160 e. The fourth-order valence-electron chi connectivity index (χ4n) is 2.75. The van der Waals surface area contributed by atoms with Crippen LogP contribution in [0, 0.1) is 0 Å². The molecule has 4 heteroatoms. The van der Waals surface area contributed by atoms with Gasteiger partial charge in [0.1, 0.15) is 11.5 Å². The Hall–Kier alpha value is -2.75. The number of ketones is 1. The molecule has 0 fully saturated rings. The standard InChI is InChI=1S/C21H25NO3/c1-5-22(6-2)18-10-7-17(21(24)14-18)13-20(15(3)23)16-8-11-19(25-4)12-9-16/h7-14,24H,5-6H2,1-4H3. The lowest BCUT2D eigenvalue weighted by atomic mass is 9.99. The second-order valence-corrected chi connectivity index (χ2v) is 5.76. The molecule has 1 N–H and O–H groups in total. The topological polar surface area (TPSA) is 49.8 Å². The molecule has 0 amide bonds. The highest BCUT2D eigenvalue weighted by atomic mass is 16.5. The molecule has 0 aliphatic heterocycles. The number of hydrogen-bond acceptors (Lipinski definition) is 4. The third-order valence-corrected chi connectivity index (χ3v) is 4.22. The number of phenols is 1. The van der Waals surface area contributed by atoms with Gasteiger partial charge in [0.05, 0.1) is 7.11 Å². The van der Waals surface area contributed by atoms with E-state index in [0.717, 1.165) is 30.1 Å². The maximum absolute atomic E-state index is 12.1. The van der Waals surface area contributed by atoms with Crippen molar-refractivity contribution in [1.29, 1.82) is 0 Å². The number of carbonyl (C=O) groups is 1. The van der Waals surface area contributed by atoms with Crippen LogP contribution in [-0.2, 0) is 4.79 Å². The molecule has 2 aromatic rings. The van der Waals surface area contributed by atoms with Crippen LogP contribution in [0.5, 0.6) is 11.5 Å². The van der Waals surface area contributed by atoms with Gasteiger partial charge in [-0.2, -0.15) is 0 Å². The lowest BCUT2D eigenvalue weighted by Gasteiger charge is -2.21. The Morgan fingerprint density at radius 1 is 1.12 bits per heavy atom. The van der Waals surface area contributed by atoms with Gasteiger partial charge in [0, 0.05) is 36.0 Å². The first-order valence-electron chi connectivity index (χ1n) is 8.45. The Bertz CT molecular complexity index is 759. The summed E-state index contributed by atoms with van der Waals surface area (Å²) in [6, 6.07) is 12.9. The molecule has 2 aromatic carbocycles. The summed E-state index contributed by atoms with van der Waals surface area (Å²) in [7, 11) is 1.60. The number of anilines is 1. The van der Waals surface area contributed by atoms with Crippen molar-refractivity contribution < 1.29 is 14.6 Å². The maximum atomic E-state index is 12.1. The fraction of sp³-hybridized carbons (Fsp3) is 0.286. The first-order valence-corrected chi connectivity index (χ1v) is 8.45. The first kappa shape index (κ1) is 18.6. The minimum Gasteiger partial charge on any atom is -0.507 e. The number of benzene rings is 2. The van der Waals surface area contributed by atoms with Crippen molar-refractivity contribution >= 4 is 23.1 Å². The van der Waals surface area contributed by atoms with E-state index in [2.05, 4.69) is 18.7 Å². The number of methoxy groups -OCH3 is 1. The third kappa shape index (κ3) is 4.41. The van der Waals surface area contributed by atoms with Gasteiger partial charge >= 0.3 is 0 Å². The molecule has 0 heterocycles. The molecule has 132 valence electrons. The second kappa shape index (κ2) is 8.38. The first-order chi connectivity index (χ1) is 12.0. The summed E-state index contributed by atoms with van der Waals surface area (Å²) < 4.78 is 5.15. The molecule has 0 bridgehead atoms. The monoisotopic (exact) mass is 339 g/mol. The van der Waals surface area contributed by atoms with E-state index < -0.39 is 0 Å². The number of nitrogens with zero attached hydrogens (tertiary/aromatic N) is 1. The van der Waals surface area contributed by atoms with Gasteiger partial charge in [0.15, 0.2) is 5.78 Å². The molecule has 0 aliphatic rings. The quantitative estimate of drug-likeness (QED) is 0.601. The minimum absolute atomic E-state index is 0.0580. The molecule has 0 saturated heterocycles. The lowest BCUT2D eigenvalue weighted by molar-refractivity contribution is -0.111. The van der Waals surface area contributed by atoms with Crippen LogP contribution in [0.4, 0.5) is 5.69 Å². The van der Waals surface area contributed by atoms with E-state index in [1.165, 1.54) is 6.92 Å². The van der Waals surface area contributed by atoms with E-state index >= 15 is 0 Å². The summed E-state index contributed by atoms with van der Waals surface area (Å²) in [5.41, 5.74) is 2.93. The molecule has 4 nitrogen and oxygen atoms in total. The Balaban J connectivity index is 2.41. The summed E-state index contributed by atoms with van der Waals surface area (Å²) >= 11 is 0. The Morgan fingerprint density at radius 2 is 1.76 bits per heavy atom. The van der Waals surface area contributed by atoms with Gasteiger partial charge in [-0.3, -0.25) is 4.79 Å². The van der Waals surface area contributed by atoms with Gasteiger partial charge in [-0.25, -0.2) is 0 Å². The van der Waals surface area contributed by atoms with Crippen molar-refractivity contribution in [3.63, 3.8) is 0 Å². The van der Waals surface area contributed by atoms with Gasteiger partial charge in [-0.05, 0) is 56.7 Å². The van der Waals surface area contributed by atoms with Gasteiger partial charge in [-0.1, -0.05) is 12.1 Å². The fourth-order valence-corrected chi connectivity index (χ4v) is 2.75. The molecule has 25 heavy (non-hydrogen) atoms. The van der Waals surface area contributed by atoms with E-state index in [-0.39, 0.29) is 11.5 Å². The summed E-state index contributed by atoms with van der Waals surface area (Å²) in [5.74, 6) is 0.840. The van der Waals surface area contributed by atoms with E-state index in [9.17, 15) is 9.90 Å². The predicted molar refractivity (Wildman–Crippen MR) is 103 cm³/mol. The van der Waals surface area contributed by atoms with Gasteiger partial charge < -0.3 is 14.7 Å². The van der Waals surface area contributed by atoms with Gasteiger partial charge in [-0.15, -0.1) is 0 Å². The predicted octanol–water partition coefficient (Wildman–Crippen LogP) is 4.38. The molecule has 0 spiro atoms. The maximum Gasteiger partial charge on any atom is 0.160 e. The molecular formula is C21H25NO3. The van der Waals surface area contributed by atoms with Crippen molar-refractivity contribution in [2.45, 2.75) is 20.8 Å². The number of ether oxygens (including phenoxy) is 1. The number of carbonyl (C=O) groups excluding carboxylic acids is 1. The highest BCUT2D eigenvalue weighted by Crippen LogP contribution is 2.29. The zero-order valence-electron chi connectivity index (χ0n) is 15.2. The molecule has 0 aromatic heterocycles. The summed E-state index contributed by atoms with van der Waals surface area (Å²) in [6.45, 7) is 7.42. The summed E-state index contributed by atoms with van der Waals surface area (Å²) in [4.78, 5) is 14.2. The van der Waals surface area contributed by atoms with Crippen LogP contribution < -0.4 is 9.64 Å². The average molecular weight is 339 g/mol. The van der Waals surface area contributed by atoms with Crippen LogP contribution in [0.2, 0.25) is 0 Å². The Morgan fingerprint density at radius 3 is 2.24 bits per heavy atom. The minimum atomic E-state index is -0.0580. The number of phenolic OH excluding ortho intramolecular Hbond substituents is 1. The number of hydrogen-bond donors (Lipinski definition) is 1. The third-order valence-electron chi connectivity index (χ3n) is 4.22. The zero-order chi connectivity index (χ0) is 18.4. The molecule has 0 unspecified atom stereocenters. The van der Waals surface area contributed by atoms with E-state index in [4.69, 9.17) is 4.74 Å². The van der Waals surface area contributed by atoms with Crippen LogP contribution in [-0.4, -0.2) is 31.1 Å². The largest absolute Gasteiger partial charge is 0.507 e. The van der Waals surface area contributed by atoms with E-state index in [1.807, 2.05) is 36.4 Å². The van der Waals surface area contributed by atoms with E-state index in [1.54, 1.807) is 19.3 Å². The summed E-state index contributed by atoms with van der Waals surface area (Å²) in [5, 5.41) is 10.4. The molecular weight excluding hydrogens is 314 g/mol. The van der Waals surface area contributed by atoms with Crippen molar-refractivity contribution in [2.75, 3.05) is 25.1 Å². The lowest BCUT2D eigenvalue weighted by Crippen LogP contribution is -2.21. The van der Waals surface area contributed by atoms with Crippen molar-refractivity contribution in [1.82, 2.24) is 0 Å². The zero-order valence-corrected chi connectivity index (χ0v) is 15.2. The molecule has 2 rings (SSSR count). The van der Waals surface area contributed by atoms with Crippen LogP contribution in [0.1, 0.15) is 31.9 Å². The molecule has 0 radical (unpaired) electrons. The number of Topliss-reactive ketones (excluding diaryl/α,β-unsaturated/α-hetero) is 1. The van der Waals surface area contributed by atoms with Crippen LogP contribution >= 0.6 is 0 Å². The van der Waals surface area contributed by atoms with Crippen molar-refractivity contribution in [3.8, 4) is 11.5 Å². The van der Waals surface area contributed by atoms with E-state index in [0.29, 0.717) is 11.1 Å². The SMILES string of the molecule is CCN(CC)c1ccc(C=C(C(C)=O)c2ccc(OC)cc2)c(O)c1. The molecule has 0 aliphatic carbocycles.